The molecular weight excluding hydrogens is 320 g/mol. The Morgan fingerprint density at radius 3 is 2.50 bits per heavy atom. The highest BCUT2D eigenvalue weighted by atomic mass is 15.1. The second-order valence-electron chi connectivity index (χ2n) is 6.55. The number of nitrogens with zero attached hydrogens (tertiary/aromatic N) is 3. The van der Waals surface area contributed by atoms with E-state index in [2.05, 4.69) is 81.1 Å². The van der Waals surface area contributed by atoms with E-state index in [0.717, 1.165) is 29.9 Å². The number of hydrogen-bond donors (Lipinski definition) is 1. The van der Waals surface area contributed by atoms with Crippen LogP contribution in [0, 0.1) is 0 Å². The minimum absolute atomic E-state index is 0.719. The van der Waals surface area contributed by atoms with Crippen LogP contribution < -0.4 is 4.57 Å². The van der Waals surface area contributed by atoms with Gasteiger partial charge in [-0.2, -0.15) is 0 Å². The fraction of sp³-hybridized carbons (Fsp3) is 0.0909. The van der Waals surface area contributed by atoms with Gasteiger partial charge in [-0.1, -0.05) is 54.6 Å². The molecule has 0 spiro atoms. The third-order valence-corrected chi connectivity index (χ3v) is 4.73. The minimum Gasteiger partial charge on any atom is -0.339 e. The quantitative estimate of drug-likeness (QED) is 0.495. The first kappa shape index (κ1) is 14.9. The molecule has 4 nitrogen and oxygen atoms in total. The number of para-hydroxylation sites is 4. The number of aromatic amines is 1. The van der Waals surface area contributed by atoms with Crippen LogP contribution in [0.3, 0.4) is 0 Å². The maximum absolute atomic E-state index is 4.72. The molecule has 0 aliphatic heterocycles. The maximum atomic E-state index is 4.72. The van der Waals surface area contributed by atoms with E-state index in [9.17, 15) is 0 Å². The second-order valence-corrected chi connectivity index (χ2v) is 6.55. The van der Waals surface area contributed by atoms with E-state index < -0.39 is 0 Å². The lowest BCUT2D eigenvalue weighted by Crippen LogP contribution is -2.32. The Hall–Kier alpha value is -3.40. The SMILES string of the molecule is c1ccc(C[n+]2cn(Cc3nc4ccccc4[nH]3)c3ccccc32)cc1. The lowest BCUT2D eigenvalue weighted by atomic mass is 10.2. The van der Waals surface area contributed by atoms with Crippen LogP contribution in [0.25, 0.3) is 22.1 Å². The molecule has 0 radical (unpaired) electrons. The summed E-state index contributed by atoms with van der Waals surface area (Å²) in [6, 6.07) is 27.2. The monoisotopic (exact) mass is 339 g/mol. The van der Waals surface area contributed by atoms with Crippen molar-refractivity contribution in [2.75, 3.05) is 0 Å². The third-order valence-electron chi connectivity index (χ3n) is 4.73. The van der Waals surface area contributed by atoms with Gasteiger partial charge in [0.05, 0.1) is 11.0 Å². The highest BCUT2D eigenvalue weighted by molar-refractivity contribution is 5.75. The molecule has 0 aliphatic carbocycles. The van der Waals surface area contributed by atoms with E-state index in [-0.39, 0.29) is 0 Å². The number of imidazole rings is 2. The first-order valence-electron chi connectivity index (χ1n) is 8.82. The Morgan fingerprint density at radius 2 is 1.62 bits per heavy atom. The summed E-state index contributed by atoms with van der Waals surface area (Å²) in [6.07, 6.45) is 2.19. The highest BCUT2D eigenvalue weighted by Gasteiger charge is 2.17. The van der Waals surface area contributed by atoms with E-state index in [1.807, 2.05) is 18.2 Å². The van der Waals surface area contributed by atoms with Crippen LogP contribution in [-0.2, 0) is 13.1 Å². The molecule has 0 atom stereocenters. The second kappa shape index (κ2) is 6.15. The average molecular weight is 339 g/mol. The third kappa shape index (κ3) is 2.65. The van der Waals surface area contributed by atoms with Gasteiger partial charge in [0.25, 0.3) is 0 Å². The van der Waals surface area contributed by atoms with Crippen molar-refractivity contribution in [1.29, 1.82) is 0 Å². The standard InChI is InChI=1S/C22H19N4/c1-2-8-17(9-3-1)14-25-16-26(21-13-7-6-12-20(21)25)15-22-23-18-10-4-5-11-19(18)24-22/h1-13,16H,14-15H2,(H,23,24)/q+1. The van der Waals surface area contributed by atoms with Gasteiger partial charge in [0, 0.05) is 0 Å². The summed E-state index contributed by atoms with van der Waals surface area (Å²) >= 11 is 0. The summed E-state index contributed by atoms with van der Waals surface area (Å²) in [7, 11) is 0. The smallest absolute Gasteiger partial charge is 0.245 e. The maximum Gasteiger partial charge on any atom is 0.245 e. The zero-order valence-electron chi connectivity index (χ0n) is 14.3. The average Bonchev–Trinajstić information content (AvgIpc) is 3.24. The molecule has 3 aromatic carbocycles. The van der Waals surface area contributed by atoms with Crippen molar-refractivity contribution in [3.8, 4) is 0 Å². The lowest BCUT2D eigenvalue weighted by Gasteiger charge is -1.97. The van der Waals surface area contributed by atoms with Gasteiger partial charge in [-0.3, -0.25) is 0 Å². The van der Waals surface area contributed by atoms with Crippen LogP contribution in [0.4, 0.5) is 0 Å². The molecular formula is C22H19N4+. The summed E-state index contributed by atoms with van der Waals surface area (Å²) in [6.45, 7) is 1.57. The zero-order valence-corrected chi connectivity index (χ0v) is 14.3. The Labute approximate surface area is 151 Å². The highest BCUT2D eigenvalue weighted by Crippen LogP contribution is 2.15. The molecule has 0 bridgehead atoms. The Kier molecular flexibility index (Phi) is 3.53. The first-order chi connectivity index (χ1) is 12.9. The number of benzene rings is 3. The molecule has 2 heterocycles. The summed E-state index contributed by atoms with van der Waals surface area (Å²) in [4.78, 5) is 8.15. The van der Waals surface area contributed by atoms with Gasteiger partial charge in [-0.25, -0.2) is 14.1 Å². The normalized spacial score (nSPS) is 11.4. The van der Waals surface area contributed by atoms with Gasteiger partial charge >= 0.3 is 0 Å². The molecule has 0 aliphatic rings. The molecule has 0 saturated carbocycles. The number of rotatable bonds is 4. The van der Waals surface area contributed by atoms with Crippen molar-refractivity contribution in [3.63, 3.8) is 0 Å². The molecule has 26 heavy (non-hydrogen) atoms. The molecule has 0 unspecified atom stereocenters. The lowest BCUT2D eigenvalue weighted by molar-refractivity contribution is -0.663. The predicted molar refractivity (Wildman–Crippen MR) is 103 cm³/mol. The number of nitrogens with one attached hydrogen (secondary N) is 1. The molecule has 5 rings (SSSR count). The Bertz CT molecular complexity index is 1150. The number of fused-ring (bicyclic) bond motifs is 2. The molecule has 1 N–H and O–H groups in total. The van der Waals surface area contributed by atoms with Gasteiger partial charge in [-0.05, 0) is 29.8 Å². The van der Waals surface area contributed by atoms with Crippen molar-refractivity contribution in [1.82, 2.24) is 14.5 Å². The van der Waals surface area contributed by atoms with Crippen molar-refractivity contribution in [2.45, 2.75) is 13.1 Å². The van der Waals surface area contributed by atoms with Gasteiger partial charge in [0.2, 0.25) is 6.33 Å². The van der Waals surface area contributed by atoms with E-state index in [4.69, 9.17) is 4.98 Å². The van der Waals surface area contributed by atoms with E-state index >= 15 is 0 Å². The van der Waals surface area contributed by atoms with Crippen LogP contribution in [-0.4, -0.2) is 14.5 Å². The fourth-order valence-corrected chi connectivity index (χ4v) is 3.52. The molecule has 0 fully saturated rings. The number of hydrogen-bond acceptors (Lipinski definition) is 1. The summed E-state index contributed by atoms with van der Waals surface area (Å²) in [5.74, 6) is 0.971. The first-order valence-corrected chi connectivity index (χ1v) is 8.82. The van der Waals surface area contributed by atoms with Gasteiger partial charge < -0.3 is 4.98 Å². The van der Waals surface area contributed by atoms with Crippen molar-refractivity contribution < 1.29 is 4.57 Å². The zero-order chi connectivity index (χ0) is 17.3. The minimum atomic E-state index is 0.719. The molecule has 126 valence electrons. The van der Waals surface area contributed by atoms with Gasteiger partial charge in [0.15, 0.2) is 11.0 Å². The fourth-order valence-electron chi connectivity index (χ4n) is 3.52. The molecule has 0 amide bonds. The van der Waals surface area contributed by atoms with Crippen LogP contribution in [0.15, 0.2) is 85.2 Å². The molecule has 0 saturated heterocycles. The Balaban J connectivity index is 1.55. The van der Waals surface area contributed by atoms with Gasteiger partial charge in [0.1, 0.15) is 18.9 Å². The summed E-state index contributed by atoms with van der Waals surface area (Å²) < 4.78 is 4.56. The Morgan fingerprint density at radius 1 is 0.846 bits per heavy atom. The van der Waals surface area contributed by atoms with Crippen LogP contribution in [0.1, 0.15) is 11.4 Å². The molecule has 5 aromatic rings. The van der Waals surface area contributed by atoms with Crippen molar-refractivity contribution >= 4 is 22.1 Å². The van der Waals surface area contributed by atoms with Gasteiger partial charge in [-0.15, -0.1) is 0 Å². The van der Waals surface area contributed by atoms with Crippen LogP contribution in [0.2, 0.25) is 0 Å². The summed E-state index contributed by atoms with van der Waals surface area (Å²) in [5.41, 5.74) is 5.83. The predicted octanol–water partition coefficient (Wildman–Crippen LogP) is 3.90. The van der Waals surface area contributed by atoms with E-state index in [1.54, 1.807) is 0 Å². The topological polar surface area (TPSA) is 37.5 Å². The van der Waals surface area contributed by atoms with Crippen LogP contribution >= 0.6 is 0 Å². The number of H-pyrrole nitrogens is 1. The number of aromatic nitrogens is 4. The van der Waals surface area contributed by atoms with E-state index in [1.165, 1.54) is 16.6 Å². The summed E-state index contributed by atoms with van der Waals surface area (Å²) in [5, 5.41) is 0. The molecule has 2 aromatic heterocycles. The van der Waals surface area contributed by atoms with Crippen molar-refractivity contribution in [3.05, 3.63) is 96.6 Å². The van der Waals surface area contributed by atoms with Crippen molar-refractivity contribution in [2.24, 2.45) is 0 Å². The largest absolute Gasteiger partial charge is 0.339 e. The van der Waals surface area contributed by atoms with E-state index in [0.29, 0.717) is 0 Å². The van der Waals surface area contributed by atoms with Crippen LogP contribution in [0.5, 0.6) is 0 Å². The molecule has 4 heteroatoms.